The Kier molecular flexibility index (Phi) is 3.35. The monoisotopic (exact) mass is 184 g/mol. The third-order valence-corrected chi connectivity index (χ3v) is 1.49. The van der Waals surface area contributed by atoms with Gasteiger partial charge in [-0.05, 0) is 30.9 Å². The van der Waals surface area contributed by atoms with Gasteiger partial charge in [0.05, 0.1) is 0 Å². The van der Waals surface area contributed by atoms with Gasteiger partial charge >= 0.3 is 5.97 Å². The highest BCUT2D eigenvalue weighted by Gasteiger charge is 1.84. The fourth-order valence-electron chi connectivity index (χ4n) is 0.825. The van der Waals surface area contributed by atoms with E-state index in [0.717, 1.165) is 11.1 Å². The van der Waals surface area contributed by atoms with Crippen LogP contribution in [0, 0.1) is 30.6 Å². The van der Waals surface area contributed by atoms with E-state index >= 15 is 0 Å². The van der Waals surface area contributed by atoms with Gasteiger partial charge in [0.1, 0.15) is 0 Å². The van der Waals surface area contributed by atoms with Gasteiger partial charge in [0, 0.05) is 11.5 Å². The van der Waals surface area contributed by atoms with Crippen LogP contribution in [0.25, 0.3) is 0 Å². The van der Waals surface area contributed by atoms with E-state index in [0.29, 0.717) is 0 Å². The summed E-state index contributed by atoms with van der Waals surface area (Å²) in [6.07, 6.45) is 0. The molecule has 1 aromatic rings. The highest BCUT2D eigenvalue weighted by Crippen LogP contribution is 2.00. The van der Waals surface area contributed by atoms with Crippen LogP contribution in [-0.4, -0.2) is 11.1 Å². The molecule has 0 saturated carbocycles. The molecule has 14 heavy (non-hydrogen) atoms. The van der Waals surface area contributed by atoms with Crippen LogP contribution in [0.5, 0.6) is 0 Å². The number of rotatable bonds is 0. The van der Waals surface area contributed by atoms with Crippen LogP contribution >= 0.6 is 0 Å². The summed E-state index contributed by atoms with van der Waals surface area (Å²) < 4.78 is 0. The van der Waals surface area contributed by atoms with Gasteiger partial charge in [-0.2, -0.15) is 0 Å². The summed E-state index contributed by atoms with van der Waals surface area (Å²) in [4.78, 5) is 10.0. The zero-order valence-electron chi connectivity index (χ0n) is 7.66. The molecule has 1 N–H and O–H groups in total. The number of aryl methyl sites for hydroxylation is 1. The number of hydrogen-bond acceptors (Lipinski definition) is 1. The Morgan fingerprint density at radius 3 is 2.43 bits per heavy atom. The molecule has 1 rings (SSSR count). The van der Waals surface area contributed by atoms with E-state index in [1.165, 1.54) is 0 Å². The number of carbonyl (C=O) groups is 1. The molecule has 0 bridgehead atoms. The summed E-state index contributed by atoms with van der Waals surface area (Å²) in [6.45, 7) is 1.99. The quantitative estimate of drug-likeness (QED) is 0.619. The molecule has 0 spiro atoms. The molecule has 0 fully saturated rings. The molecule has 2 nitrogen and oxygen atoms in total. The molecule has 0 aliphatic rings. The van der Waals surface area contributed by atoms with Crippen LogP contribution in [-0.2, 0) is 4.79 Å². The zero-order valence-corrected chi connectivity index (χ0v) is 7.66. The van der Waals surface area contributed by atoms with Crippen molar-refractivity contribution in [1.29, 1.82) is 0 Å². The van der Waals surface area contributed by atoms with E-state index in [-0.39, 0.29) is 0 Å². The van der Waals surface area contributed by atoms with Crippen molar-refractivity contribution >= 4 is 5.97 Å². The van der Waals surface area contributed by atoms with E-state index in [2.05, 4.69) is 17.8 Å². The van der Waals surface area contributed by atoms with E-state index in [9.17, 15) is 4.79 Å². The van der Waals surface area contributed by atoms with Crippen LogP contribution in [0.15, 0.2) is 24.3 Å². The number of aliphatic carboxylic acids is 1. The zero-order chi connectivity index (χ0) is 10.4. The van der Waals surface area contributed by atoms with Crippen molar-refractivity contribution in [1.82, 2.24) is 0 Å². The first-order chi connectivity index (χ1) is 6.68. The molecular formula is C12H8O2. The summed E-state index contributed by atoms with van der Waals surface area (Å²) in [5.74, 6) is 8.19. The Morgan fingerprint density at radius 1 is 1.21 bits per heavy atom. The lowest BCUT2D eigenvalue weighted by molar-refractivity contribution is -0.130. The second-order valence-electron chi connectivity index (χ2n) is 2.67. The van der Waals surface area contributed by atoms with Gasteiger partial charge in [0.2, 0.25) is 0 Å². The van der Waals surface area contributed by atoms with E-state index < -0.39 is 5.97 Å². The molecule has 0 heterocycles. The first kappa shape index (κ1) is 9.89. The minimum Gasteiger partial charge on any atom is -0.472 e. The maximum absolute atomic E-state index is 10.0. The number of carboxylic acid groups (broad SMARTS) is 1. The van der Waals surface area contributed by atoms with Crippen molar-refractivity contribution in [2.24, 2.45) is 0 Å². The van der Waals surface area contributed by atoms with Gasteiger partial charge in [-0.15, -0.1) is 0 Å². The Morgan fingerprint density at radius 2 is 1.86 bits per heavy atom. The molecular weight excluding hydrogens is 176 g/mol. The van der Waals surface area contributed by atoms with Crippen molar-refractivity contribution in [3.05, 3.63) is 35.4 Å². The molecule has 1 aromatic carbocycles. The van der Waals surface area contributed by atoms with E-state index in [1.807, 2.05) is 37.1 Å². The van der Waals surface area contributed by atoms with Gasteiger partial charge in [-0.25, -0.2) is 4.79 Å². The first-order valence-electron chi connectivity index (χ1n) is 4.00. The number of carboxylic acids is 1. The lowest BCUT2D eigenvalue weighted by Gasteiger charge is -1.90. The predicted molar refractivity (Wildman–Crippen MR) is 53.5 cm³/mol. The number of hydrogen-bond donors (Lipinski definition) is 1. The average Bonchev–Trinajstić information content (AvgIpc) is 2.15. The molecule has 0 radical (unpaired) electrons. The van der Waals surface area contributed by atoms with Crippen molar-refractivity contribution in [3.63, 3.8) is 0 Å². The maximum atomic E-state index is 10.0. The third-order valence-electron chi connectivity index (χ3n) is 1.49. The van der Waals surface area contributed by atoms with Crippen molar-refractivity contribution in [3.8, 4) is 23.7 Å². The van der Waals surface area contributed by atoms with Gasteiger partial charge in [0.25, 0.3) is 0 Å². The Balaban J connectivity index is 2.75. The van der Waals surface area contributed by atoms with E-state index in [4.69, 9.17) is 5.11 Å². The van der Waals surface area contributed by atoms with Gasteiger partial charge in [-0.1, -0.05) is 23.6 Å². The minimum absolute atomic E-state index is 0.829. The van der Waals surface area contributed by atoms with Gasteiger partial charge in [0.15, 0.2) is 0 Å². The largest absolute Gasteiger partial charge is 0.472 e. The van der Waals surface area contributed by atoms with Crippen LogP contribution in [0.4, 0.5) is 0 Å². The van der Waals surface area contributed by atoms with Gasteiger partial charge < -0.3 is 5.11 Å². The molecule has 68 valence electrons. The smallest absolute Gasteiger partial charge is 0.382 e. The maximum Gasteiger partial charge on any atom is 0.382 e. The summed E-state index contributed by atoms with van der Waals surface area (Å²) in [5.41, 5.74) is 1.99. The molecule has 0 aliphatic heterocycles. The van der Waals surface area contributed by atoms with Crippen molar-refractivity contribution in [2.45, 2.75) is 6.92 Å². The van der Waals surface area contributed by atoms with Crippen molar-refractivity contribution < 1.29 is 9.90 Å². The highest BCUT2D eigenvalue weighted by molar-refractivity contribution is 5.87. The summed E-state index contributed by atoms with van der Waals surface area (Å²) >= 11 is 0. The summed E-state index contributed by atoms with van der Waals surface area (Å²) in [7, 11) is 0. The van der Waals surface area contributed by atoms with Gasteiger partial charge in [-0.3, -0.25) is 0 Å². The third kappa shape index (κ3) is 3.47. The topological polar surface area (TPSA) is 37.3 Å². The molecule has 0 saturated heterocycles. The van der Waals surface area contributed by atoms with Crippen LogP contribution in [0.2, 0.25) is 0 Å². The molecule has 2 heteroatoms. The van der Waals surface area contributed by atoms with Crippen LogP contribution in [0.3, 0.4) is 0 Å². The molecule has 0 atom stereocenters. The Bertz CT molecular complexity index is 447. The second-order valence-corrected chi connectivity index (χ2v) is 2.67. The average molecular weight is 184 g/mol. The standard InChI is InChI=1S/C12H8O2/c1-10-6-8-11(9-7-10)4-2-3-5-12(13)14/h6-9H,1H3,(H,13,14). The normalized spacial score (nSPS) is 7.79. The first-order valence-corrected chi connectivity index (χ1v) is 4.00. The SMILES string of the molecule is Cc1ccc(C#CC#CC(=O)O)cc1. The van der Waals surface area contributed by atoms with Crippen LogP contribution in [0.1, 0.15) is 11.1 Å². The van der Waals surface area contributed by atoms with E-state index in [1.54, 1.807) is 0 Å². The second kappa shape index (κ2) is 4.74. The predicted octanol–water partition coefficient (Wildman–Crippen LogP) is 1.43. The molecule has 0 aromatic heterocycles. The number of benzene rings is 1. The van der Waals surface area contributed by atoms with Crippen LogP contribution < -0.4 is 0 Å². The highest BCUT2D eigenvalue weighted by atomic mass is 16.4. The lowest BCUT2D eigenvalue weighted by Crippen LogP contribution is -1.85. The summed E-state index contributed by atoms with van der Waals surface area (Å²) in [6, 6.07) is 7.61. The minimum atomic E-state index is -1.16. The fraction of sp³-hybridized carbons (Fsp3) is 0.0833. The molecule has 0 unspecified atom stereocenters. The molecule has 0 aliphatic carbocycles. The Labute approximate surface area is 82.6 Å². The molecule has 0 amide bonds. The van der Waals surface area contributed by atoms with Crippen molar-refractivity contribution in [2.75, 3.05) is 0 Å². The fourth-order valence-corrected chi connectivity index (χ4v) is 0.825. The lowest BCUT2D eigenvalue weighted by atomic mass is 10.2. The Hall–Kier alpha value is -2.19. The summed E-state index contributed by atoms with van der Waals surface area (Å²) in [5, 5.41) is 8.21.